The smallest absolute Gasteiger partial charge is 0.106 e. The normalized spacial score (nSPS) is 17.1. The number of hydrogen-bond acceptors (Lipinski definition) is 2. The van der Waals surface area contributed by atoms with Crippen LogP contribution in [0.15, 0.2) is 0 Å². The zero-order valence-electron chi connectivity index (χ0n) is 3.97. The van der Waals surface area contributed by atoms with Gasteiger partial charge in [0.2, 0.25) is 0 Å². The van der Waals surface area contributed by atoms with E-state index in [2.05, 4.69) is 0 Å². The fraction of sp³-hybridized carbons (Fsp3) is 1.00. The summed E-state index contributed by atoms with van der Waals surface area (Å²) in [5.41, 5.74) is 4.33. The van der Waals surface area contributed by atoms with Crippen molar-refractivity contribution in [1.29, 1.82) is 0 Å². The third-order valence-corrected chi connectivity index (χ3v) is 0.826. The van der Waals surface area contributed by atoms with E-state index in [0.29, 0.717) is 0 Å². The van der Waals surface area contributed by atoms with Gasteiger partial charge in [-0.3, -0.25) is 0 Å². The zero-order chi connectivity index (χ0) is 5.15. The molecule has 0 fully saturated rings. The van der Waals surface area contributed by atoms with Gasteiger partial charge in [0.15, 0.2) is 0 Å². The maximum absolute atomic E-state index is 8.37. The lowest BCUT2D eigenvalue weighted by Crippen LogP contribution is -2.25. The molecule has 2 atom stereocenters. The van der Waals surface area contributed by atoms with E-state index < -0.39 is 11.6 Å². The van der Waals surface area contributed by atoms with Crippen LogP contribution in [0.2, 0.25) is 0 Å². The summed E-state index contributed by atoms with van der Waals surface area (Å²) in [5, 5.41) is 8.37. The van der Waals surface area contributed by atoms with E-state index in [4.69, 9.17) is 22.4 Å². The van der Waals surface area contributed by atoms with Gasteiger partial charge in [0.1, 0.15) is 5.50 Å². The summed E-state index contributed by atoms with van der Waals surface area (Å²) in [6, 6.07) is 0. The van der Waals surface area contributed by atoms with E-state index in [-0.39, 0.29) is 12.4 Å². The molecule has 2 nitrogen and oxygen atoms in total. The Labute approximate surface area is 54.1 Å². The van der Waals surface area contributed by atoms with E-state index in [9.17, 15) is 0 Å². The first kappa shape index (κ1) is 10.5. The largest absolute Gasteiger partial charge is 0.391 e. The molecule has 46 valence electrons. The summed E-state index contributed by atoms with van der Waals surface area (Å²) in [4.78, 5) is 0. The van der Waals surface area contributed by atoms with E-state index in [1.54, 1.807) is 0 Å². The van der Waals surface area contributed by atoms with Gasteiger partial charge in [-0.1, -0.05) is 0 Å². The molecule has 0 aromatic carbocycles. The minimum atomic E-state index is -0.620. The minimum Gasteiger partial charge on any atom is -0.391 e. The van der Waals surface area contributed by atoms with Crippen molar-refractivity contribution in [2.45, 2.75) is 18.5 Å². The third-order valence-electron chi connectivity index (χ3n) is 0.461. The van der Waals surface area contributed by atoms with Gasteiger partial charge < -0.3 is 10.8 Å². The second-order valence-electron chi connectivity index (χ2n) is 1.19. The standard InChI is InChI=1S/C3H8ClNO.ClH/c1-2(6)3(4)5;/h2-3,6H,5H2,1H3;1H/t2-,3?;/m0./s1. The first-order valence-electron chi connectivity index (χ1n) is 1.72. The second-order valence-corrected chi connectivity index (χ2v) is 1.69. The third kappa shape index (κ3) is 6.50. The molecular weight excluding hydrogens is 137 g/mol. The molecule has 1 unspecified atom stereocenters. The van der Waals surface area contributed by atoms with Crippen molar-refractivity contribution in [3.63, 3.8) is 0 Å². The van der Waals surface area contributed by atoms with Crippen LogP contribution < -0.4 is 5.73 Å². The van der Waals surface area contributed by atoms with E-state index in [1.165, 1.54) is 6.92 Å². The molecule has 0 aliphatic rings. The Morgan fingerprint density at radius 1 is 1.71 bits per heavy atom. The molecule has 3 N–H and O–H groups in total. The molecule has 0 aromatic heterocycles. The molecule has 0 aliphatic carbocycles. The van der Waals surface area contributed by atoms with Crippen LogP contribution in [0.1, 0.15) is 6.92 Å². The lowest BCUT2D eigenvalue weighted by Gasteiger charge is -2.02. The van der Waals surface area contributed by atoms with Crippen LogP contribution in [-0.4, -0.2) is 16.7 Å². The van der Waals surface area contributed by atoms with Crippen LogP contribution in [0.5, 0.6) is 0 Å². The number of nitrogens with two attached hydrogens (primary N) is 1. The maximum Gasteiger partial charge on any atom is 0.106 e. The monoisotopic (exact) mass is 145 g/mol. The fourth-order valence-electron chi connectivity index (χ4n) is 0. The fourth-order valence-corrected chi connectivity index (χ4v) is 0. The Morgan fingerprint density at radius 3 is 1.86 bits per heavy atom. The summed E-state index contributed by atoms with van der Waals surface area (Å²) >= 11 is 5.14. The van der Waals surface area contributed by atoms with Gasteiger partial charge >= 0.3 is 0 Å². The molecule has 0 spiro atoms. The molecule has 7 heavy (non-hydrogen) atoms. The van der Waals surface area contributed by atoms with Gasteiger partial charge in [-0.2, -0.15) is 0 Å². The zero-order valence-corrected chi connectivity index (χ0v) is 5.54. The molecule has 0 rings (SSSR count). The van der Waals surface area contributed by atoms with Crippen LogP contribution in [0, 0.1) is 0 Å². The van der Waals surface area contributed by atoms with Crippen molar-refractivity contribution in [2.24, 2.45) is 5.73 Å². The van der Waals surface area contributed by atoms with Crippen molar-refractivity contribution < 1.29 is 5.11 Å². The molecule has 0 amide bonds. The Hall–Kier alpha value is 0.500. The Kier molecular flexibility index (Phi) is 6.96. The van der Waals surface area contributed by atoms with Crippen molar-refractivity contribution in [1.82, 2.24) is 0 Å². The summed E-state index contributed by atoms with van der Waals surface area (Å²) in [7, 11) is 0. The lowest BCUT2D eigenvalue weighted by molar-refractivity contribution is 0.191. The van der Waals surface area contributed by atoms with Crippen LogP contribution in [-0.2, 0) is 0 Å². The maximum atomic E-state index is 8.37. The highest BCUT2D eigenvalue weighted by Crippen LogP contribution is 1.90. The predicted molar refractivity (Wildman–Crippen MR) is 32.8 cm³/mol. The average molecular weight is 146 g/mol. The van der Waals surface area contributed by atoms with Gasteiger partial charge in [0.05, 0.1) is 6.10 Å². The van der Waals surface area contributed by atoms with Gasteiger partial charge in [-0.25, -0.2) is 0 Å². The van der Waals surface area contributed by atoms with Crippen molar-refractivity contribution >= 4 is 24.0 Å². The van der Waals surface area contributed by atoms with Crippen LogP contribution >= 0.6 is 24.0 Å². The summed E-state index contributed by atoms with van der Waals surface area (Å²) in [6.45, 7) is 1.54. The number of halogens is 2. The van der Waals surface area contributed by atoms with Crippen LogP contribution in [0.3, 0.4) is 0 Å². The molecule has 0 radical (unpaired) electrons. The highest BCUT2D eigenvalue weighted by Gasteiger charge is 2.00. The number of aliphatic hydroxyl groups excluding tert-OH is 1. The first-order valence-corrected chi connectivity index (χ1v) is 2.16. The molecule has 0 aromatic rings. The SMILES string of the molecule is C[C@H](O)C(N)Cl.Cl. The van der Waals surface area contributed by atoms with Gasteiger partial charge in [0.25, 0.3) is 0 Å². The summed E-state index contributed by atoms with van der Waals surface area (Å²) in [5.74, 6) is 0. The topological polar surface area (TPSA) is 46.2 Å². The minimum absolute atomic E-state index is 0. The molecule has 0 bridgehead atoms. The van der Waals surface area contributed by atoms with Crippen LogP contribution in [0.4, 0.5) is 0 Å². The molecule has 0 saturated heterocycles. The number of hydrogen-bond donors (Lipinski definition) is 2. The van der Waals surface area contributed by atoms with Crippen LogP contribution in [0.25, 0.3) is 0 Å². The van der Waals surface area contributed by atoms with Crippen molar-refractivity contribution in [3.05, 3.63) is 0 Å². The van der Waals surface area contributed by atoms with Gasteiger partial charge in [-0.15, -0.1) is 24.0 Å². The van der Waals surface area contributed by atoms with E-state index >= 15 is 0 Å². The first-order chi connectivity index (χ1) is 2.64. The highest BCUT2D eigenvalue weighted by atomic mass is 35.5. The molecule has 0 heterocycles. The predicted octanol–water partition coefficient (Wildman–Crippen LogP) is 0.313. The van der Waals surface area contributed by atoms with Crippen molar-refractivity contribution in [3.8, 4) is 0 Å². The highest BCUT2D eigenvalue weighted by molar-refractivity contribution is 6.20. The Bertz CT molecular complexity index is 33.9. The number of rotatable bonds is 1. The lowest BCUT2D eigenvalue weighted by atomic mass is 10.4. The quantitative estimate of drug-likeness (QED) is 0.413. The number of aliphatic hydroxyl groups is 1. The summed E-state index contributed by atoms with van der Waals surface area (Å²) in [6.07, 6.45) is -0.605. The van der Waals surface area contributed by atoms with Crippen molar-refractivity contribution in [2.75, 3.05) is 0 Å². The number of alkyl halides is 1. The van der Waals surface area contributed by atoms with Gasteiger partial charge in [0, 0.05) is 0 Å². The molecule has 0 saturated carbocycles. The Morgan fingerprint density at radius 2 is 1.86 bits per heavy atom. The second kappa shape index (κ2) is 4.65. The van der Waals surface area contributed by atoms with E-state index in [0.717, 1.165) is 0 Å². The molecular formula is C3H9Cl2NO. The molecule has 4 heteroatoms. The van der Waals surface area contributed by atoms with Gasteiger partial charge in [-0.05, 0) is 6.92 Å². The summed E-state index contributed by atoms with van der Waals surface area (Å²) < 4.78 is 0. The molecule has 0 aliphatic heterocycles. The van der Waals surface area contributed by atoms with E-state index in [1.807, 2.05) is 0 Å². The Balaban J connectivity index is 0. The average Bonchev–Trinajstić information content (AvgIpc) is 1.36.